The summed E-state index contributed by atoms with van der Waals surface area (Å²) in [5.41, 5.74) is 7.61. The third kappa shape index (κ3) is 5.68. The maximum atomic E-state index is 13.3. The maximum Gasteiger partial charge on any atom is 0.193 e. The summed E-state index contributed by atoms with van der Waals surface area (Å²) in [6.07, 6.45) is 0. The van der Waals surface area contributed by atoms with Crippen molar-refractivity contribution in [1.82, 2.24) is 0 Å². The molecule has 124 valence electrons. The van der Waals surface area contributed by atoms with E-state index in [4.69, 9.17) is 15.6 Å². The van der Waals surface area contributed by atoms with Gasteiger partial charge in [-0.3, -0.25) is 0 Å². The Bertz CT molecular complexity index is 663. The van der Waals surface area contributed by atoms with Crippen LogP contribution in [0.5, 0.6) is 5.75 Å². The molecular weight excluding hydrogens is 412 g/mol. The molecule has 0 radical (unpaired) electrons. The van der Waals surface area contributed by atoms with Crippen molar-refractivity contribution in [1.29, 1.82) is 0 Å². The van der Waals surface area contributed by atoms with E-state index in [1.54, 1.807) is 19.2 Å². The molecule has 0 saturated carbocycles. The Kier molecular flexibility index (Phi) is 7.76. The van der Waals surface area contributed by atoms with Crippen LogP contribution in [0.4, 0.5) is 10.1 Å². The van der Waals surface area contributed by atoms with Crippen molar-refractivity contribution in [3.8, 4) is 5.75 Å². The van der Waals surface area contributed by atoms with E-state index < -0.39 is 5.82 Å². The van der Waals surface area contributed by atoms with E-state index in [1.165, 1.54) is 6.07 Å². The lowest BCUT2D eigenvalue weighted by atomic mass is 10.1. The molecule has 0 fully saturated rings. The van der Waals surface area contributed by atoms with E-state index in [0.29, 0.717) is 6.54 Å². The van der Waals surface area contributed by atoms with Gasteiger partial charge in [-0.1, -0.05) is 6.07 Å². The highest BCUT2D eigenvalue weighted by Crippen LogP contribution is 2.15. The van der Waals surface area contributed by atoms with Gasteiger partial charge in [0.05, 0.1) is 20.3 Å². The van der Waals surface area contributed by atoms with Gasteiger partial charge in [0, 0.05) is 11.3 Å². The first-order chi connectivity index (χ1) is 10.6. The van der Waals surface area contributed by atoms with Gasteiger partial charge in [-0.15, -0.1) is 24.0 Å². The second-order valence-corrected chi connectivity index (χ2v) is 4.64. The van der Waals surface area contributed by atoms with Crippen molar-refractivity contribution in [2.75, 3.05) is 12.4 Å². The molecular formula is C16H19FIN3O2. The molecule has 0 amide bonds. The van der Waals surface area contributed by atoms with E-state index >= 15 is 0 Å². The number of halogens is 2. The fourth-order valence-corrected chi connectivity index (χ4v) is 1.89. The number of aliphatic imine (C=N–C) groups is 1. The van der Waals surface area contributed by atoms with Crippen molar-refractivity contribution in [3.05, 3.63) is 59.4 Å². The normalized spacial score (nSPS) is 10.8. The van der Waals surface area contributed by atoms with E-state index in [1.807, 2.05) is 24.3 Å². The highest BCUT2D eigenvalue weighted by atomic mass is 127. The van der Waals surface area contributed by atoms with Crippen LogP contribution >= 0.6 is 24.0 Å². The van der Waals surface area contributed by atoms with Crippen molar-refractivity contribution in [3.63, 3.8) is 0 Å². The van der Waals surface area contributed by atoms with Crippen molar-refractivity contribution in [2.24, 2.45) is 10.7 Å². The summed E-state index contributed by atoms with van der Waals surface area (Å²) in [4.78, 5) is 4.19. The Balaban J connectivity index is 0.00000264. The number of hydrogen-bond donors (Lipinski definition) is 3. The van der Waals surface area contributed by atoms with Gasteiger partial charge in [0.1, 0.15) is 11.6 Å². The van der Waals surface area contributed by atoms with Crippen LogP contribution in [-0.2, 0) is 13.2 Å². The van der Waals surface area contributed by atoms with Crippen LogP contribution in [0.25, 0.3) is 0 Å². The number of nitrogens with one attached hydrogen (secondary N) is 1. The van der Waals surface area contributed by atoms with Gasteiger partial charge in [0.25, 0.3) is 0 Å². The van der Waals surface area contributed by atoms with Crippen LogP contribution in [0, 0.1) is 5.82 Å². The Hall–Kier alpha value is -1.87. The molecule has 0 spiro atoms. The Labute approximate surface area is 151 Å². The zero-order chi connectivity index (χ0) is 15.9. The molecule has 23 heavy (non-hydrogen) atoms. The van der Waals surface area contributed by atoms with Crippen LogP contribution < -0.4 is 15.8 Å². The van der Waals surface area contributed by atoms with Gasteiger partial charge in [-0.25, -0.2) is 9.38 Å². The van der Waals surface area contributed by atoms with Gasteiger partial charge < -0.3 is 20.9 Å². The minimum Gasteiger partial charge on any atom is -0.497 e. The molecule has 2 aromatic carbocycles. The Morgan fingerprint density at radius 1 is 1.26 bits per heavy atom. The summed E-state index contributed by atoms with van der Waals surface area (Å²) in [5, 5.41) is 12.0. The highest BCUT2D eigenvalue weighted by molar-refractivity contribution is 14.0. The zero-order valence-electron chi connectivity index (χ0n) is 12.6. The third-order valence-electron chi connectivity index (χ3n) is 3.07. The van der Waals surface area contributed by atoms with E-state index in [-0.39, 0.29) is 42.1 Å². The molecule has 4 N–H and O–H groups in total. The summed E-state index contributed by atoms with van der Waals surface area (Å²) in [7, 11) is 1.60. The second kappa shape index (κ2) is 9.31. The van der Waals surface area contributed by atoms with Crippen LogP contribution in [0.2, 0.25) is 0 Å². The summed E-state index contributed by atoms with van der Waals surface area (Å²) in [5.74, 6) is 0.573. The lowest BCUT2D eigenvalue weighted by molar-refractivity contribution is 0.275. The predicted molar refractivity (Wildman–Crippen MR) is 99.7 cm³/mol. The highest BCUT2D eigenvalue weighted by Gasteiger charge is 2.02. The summed E-state index contributed by atoms with van der Waals surface area (Å²) in [6.45, 7) is -0.0504. The molecule has 0 aliphatic carbocycles. The van der Waals surface area contributed by atoms with Crippen LogP contribution in [-0.4, -0.2) is 18.2 Å². The molecule has 0 saturated heterocycles. The molecule has 0 aliphatic heterocycles. The lowest BCUT2D eigenvalue weighted by Crippen LogP contribution is -2.22. The number of methoxy groups -OCH3 is 1. The number of nitrogens with two attached hydrogens (primary N) is 1. The van der Waals surface area contributed by atoms with E-state index in [0.717, 1.165) is 17.0 Å². The Morgan fingerprint density at radius 3 is 2.57 bits per heavy atom. The van der Waals surface area contributed by atoms with Crippen molar-refractivity contribution in [2.45, 2.75) is 13.2 Å². The summed E-state index contributed by atoms with van der Waals surface area (Å²) in [6, 6.07) is 11.7. The molecule has 0 atom stereocenters. The number of ether oxygens (including phenoxy) is 1. The fourth-order valence-electron chi connectivity index (χ4n) is 1.89. The average Bonchev–Trinajstić information content (AvgIpc) is 2.55. The lowest BCUT2D eigenvalue weighted by Gasteiger charge is -2.07. The molecule has 0 bridgehead atoms. The smallest absolute Gasteiger partial charge is 0.193 e. The monoisotopic (exact) mass is 431 g/mol. The van der Waals surface area contributed by atoms with Crippen molar-refractivity contribution < 1.29 is 14.2 Å². The number of guanidine groups is 1. The standard InChI is InChI=1S/C16H18FN3O2.HI/c1-22-14-5-3-13(4-6-14)20-16(18)19-9-11-2-7-15(17)12(8-11)10-21;/h2-8,21H,9-10H2,1H3,(H3,18,19,20);1H. The molecule has 5 nitrogen and oxygen atoms in total. The maximum absolute atomic E-state index is 13.3. The van der Waals surface area contributed by atoms with Crippen LogP contribution in [0.1, 0.15) is 11.1 Å². The fraction of sp³-hybridized carbons (Fsp3) is 0.188. The molecule has 2 aromatic rings. The van der Waals surface area contributed by atoms with Gasteiger partial charge in [0.15, 0.2) is 5.96 Å². The minimum atomic E-state index is -0.431. The van der Waals surface area contributed by atoms with Crippen LogP contribution in [0.15, 0.2) is 47.5 Å². The molecule has 0 heterocycles. The molecule has 0 aliphatic rings. The molecule has 7 heteroatoms. The molecule has 0 unspecified atom stereocenters. The number of aliphatic hydroxyl groups excluding tert-OH is 1. The predicted octanol–water partition coefficient (Wildman–Crippen LogP) is 2.87. The summed E-state index contributed by atoms with van der Waals surface area (Å²) < 4.78 is 18.3. The first-order valence-corrected chi connectivity index (χ1v) is 6.71. The van der Waals surface area contributed by atoms with Crippen molar-refractivity contribution >= 4 is 35.6 Å². The quantitative estimate of drug-likeness (QED) is 0.387. The first kappa shape index (κ1) is 19.2. The largest absolute Gasteiger partial charge is 0.497 e. The Morgan fingerprint density at radius 2 is 1.96 bits per heavy atom. The van der Waals surface area contributed by atoms with Gasteiger partial charge in [-0.2, -0.15) is 0 Å². The minimum absolute atomic E-state index is 0. The first-order valence-electron chi connectivity index (χ1n) is 6.71. The average molecular weight is 431 g/mol. The number of nitrogens with zero attached hydrogens (tertiary/aromatic N) is 1. The molecule has 0 aromatic heterocycles. The number of aliphatic hydroxyl groups is 1. The van der Waals surface area contributed by atoms with Crippen LogP contribution in [0.3, 0.4) is 0 Å². The van der Waals surface area contributed by atoms with Gasteiger partial charge >= 0.3 is 0 Å². The number of anilines is 1. The topological polar surface area (TPSA) is 79.9 Å². The molecule has 2 rings (SSSR count). The van der Waals surface area contributed by atoms with Gasteiger partial charge in [-0.05, 0) is 42.0 Å². The summed E-state index contributed by atoms with van der Waals surface area (Å²) >= 11 is 0. The number of hydrogen-bond acceptors (Lipinski definition) is 3. The zero-order valence-corrected chi connectivity index (χ0v) is 15.0. The third-order valence-corrected chi connectivity index (χ3v) is 3.07. The van der Waals surface area contributed by atoms with E-state index in [9.17, 15) is 4.39 Å². The SMILES string of the molecule is COc1ccc(NC(N)=NCc2ccc(F)c(CO)c2)cc1.I. The number of rotatable bonds is 5. The van der Waals surface area contributed by atoms with Gasteiger partial charge in [0.2, 0.25) is 0 Å². The number of benzene rings is 2. The second-order valence-electron chi connectivity index (χ2n) is 4.64. The van der Waals surface area contributed by atoms with E-state index in [2.05, 4.69) is 10.3 Å².